The third kappa shape index (κ3) is 3.64. The Hall–Kier alpha value is -2.46. The number of hydrogen-bond acceptors (Lipinski definition) is 3. The van der Waals surface area contributed by atoms with E-state index in [1.807, 2.05) is 44.2 Å². The van der Waals surface area contributed by atoms with Crippen molar-refractivity contribution in [3.8, 4) is 11.5 Å². The van der Waals surface area contributed by atoms with E-state index < -0.39 is 0 Å². The summed E-state index contributed by atoms with van der Waals surface area (Å²) in [4.78, 5) is 12.4. The highest BCUT2D eigenvalue weighted by atomic mass is 35.5. The Labute approximate surface area is 152 Å². The fourth-order valence-electron chi connectivity index (χ4n) is 2.74. The van der Waals surface area contributed by atoms with Gasteiger partial charge < -0.3 is 14.8 Å². The number of carbonyl (C=O) groups is 1. The summed E-state index contributed by atoms with van der Waals surface area (Å²) in [6.45, 7) is 5.11. The lowest BCUT2D eigenvalue weighted by Crippen LogP contribution is -2.04. The fraction of sp³-hybridized carbons (Fsp3) is 0.250. The molecule has 25 heavy (non-hydrogen) atoms. The van der Waals surface area contributed by atoms with Crippen molar-refractivity contribution in [1.82, 2.24) is 0 Å². The predicted molar refractivity (Wildman–Crippen MR) is 101 cm³/mol. The van der Waals surface area contributed by atoms with E-state index in [-0.39, 0.29) is 5.91 Å². The van der Waals surface area contributed by atoms with Crippen LogP contribution in [0.5, 0.6) is 11.5 Å². The summed E-state index contributed by atoms with van der Waals surface area (Å²) in [5.41, 5.74) is 2.95. The van der Waals surface area contributed by atoms with Gasteiger partial charge in [0.15, 0.2) is 11.5 Å². The number of fused-ring (bicyclic) bond motifs is 1. The van der Waals surface area contributed by atoms with E-state index in [0.29, 0.717) is 35.3 Å². The Kier molecular flexibility index (Phi) is 5.29. The van der Waals surface area contributed by atoms with Crippen LogP contribution in [0.4, 0.5) is 5.69 Å². The van der Waals surface area contributed by atoms with Gasteiger partial charge in [-0.2, -0.15) is 0 Å². The van der Waals surface area contributed by atoms with E-state index in [9.17, 15) is 4.79 Å². The van der Waals surface area contributed by atoms with Crippen LogP contribution >= 0.6 is 11.6 Å². The number of ether oxygens (including phenoxy) is 2. The first kappa shape index (κ1) is 17.4. The summed E-state index contributed by atoms with van der Waals surface area (Å²) < 4.78 is 11.6. The minimum absolute atomic E-state index is 0.152. The van der Waals surface area contributed by atoms with Gasteiger partial charge in [0.2, 0.25) is 0 Å². The molecule has 0 atom stereocenters. The van der Waals surface area contributed by atoms with Crippen LogP contribution in [0.1, 0.15) is 31.4 Å². The number of nitrogens with one attached hydrogen (secondary N) is 1. The van der Waals surface area contributed by atoms with Crippen LogP contribution < -0.4 is 14.8 Å². The normalized spacial score (nSPS) is 14.4. The Morgan fingerprint density at radius 1 is 1.16 bits per heavy atom. The highest BCUT2D eigenvalue weighted by Crippen LogP contribution is 2.38. The average Bonchev–Trinajstić information content (AvgIpc) is 2.89. The highest BCUT2D eigenvalue weighted by molar-refractivity contribution is 6.36. The van der Waals surface area contributed by atoms with Crippen molar-refractivity contribution in [2.75, 3.05) is 18.5 Å². The summed E-state index contributed by atoms with van der Waals surface area (Å²) in [7, 11) is 0. The lowest BCUT2D eigenvalue weighted by molar-refractivity contribution is -0.110. The summed E-state index contributed by atoms with van der Waals surface area (Å²) in [5.74, 6) is 1.19. The van der Waals surface area contributed by atoms with Gasteiger partial charge in [-0.1, -0.05) is 36.7 Å². The van der Waals surface area contributed by atoms with E-state index in [1.165, 1.54) is 0 Å². The predicted octanol–water partition coefficient (Wildman–Crippen LogP) is 5.02. The molecule has 0 unspecified atom stereocenters. The first-order chi connectivity index (χ1) is 12.1. The first-order valence-electron chi connectivity index (χ1n) is 8.35. The lowest BCUT2D eigenvalue weighted by Gasteiger charge is -2.14. The second kappa shape index (κ2) is 7.62. The molecule has 4 nitrogen and oxygen atoms in total. The molecule has 1 amide bonds. The Bertz CT molecular complexity index is 830. The van der Waals surface area contributed by atoms with Crippen LogP contribution in [0.2, 0.25) is 5.02 Å². The summed E-state index contributed by atoms with van der Waals surface area (Å²) in [6, 6.07) is 11.1. The number of benzene rings is 2. The van der Waals surface area contributed by atoms with Crippen LogP contribution in [-0.2, 0) is 4.79 Å². The van der Waals surface area contributed by atoms with Gasteiger partial charge in [-0.25, -0.2) is 0 Å². The zero-order valence-corrected chi connectivity index (χ0v) is 15.0. The van der Waals surface area contributed by atoms with Crippen LogP contribution in [0.3, 0.4) is 0 Å². The van der Waals surface area contributed by atoms with E-state index in [1.54, 1.807) is 12.1 Å². The van der Waals surface area contributed by atoms with Gasteiger partial charge in [-0.05, 0) is 37.6 Å². The molecule has 0 saturated carbocycles. The Morgan fingerprint density at radius 3 is 2.76 bits per heavy atom. The largest absolute Gasteiger partial charge is 0.490 e. The maximum absolute atomic E-state index is 12.4. The smallest absolute Gasteiger partial charge is 0.256 e. The zero-order valence-electron chi connectivity index (χ0n) is 14.3. The van der Waals surface area contributed by atoms with E-state index in [0.717, 1.165) is 23.2 Å². The quantitative estimate of drug-likeness (QED) is 0.738. The average molecular weight is 358 g/mol. The van der Waals surface area contributed by atoms with Crippen LogP contribution in [0.15, 0.2) is 36.4 Å². The summed E-state index contributed by atoms with van der Waals surface area (Å²) in [5, 5.41) is 3.44. The van der Waals surface area contributed by atoms with Crippen LogP contribution in [0, 0.1) is 0 Å². The first-order valence-corrected chi connectivity index (χ1v) is 8.73. The number of carbonyl (C=O) groups excluding carboxylic acids is 1. The molecule has 0 saturated heterocycles. The third-order valence-corrected chi connectivity index (χ3v) is 4.06. The minimum atomic E-state index is -0.152. The van der Waals surface area contributed by atoms with Gasteiger partial charge in [-0.3, -0.25) is 4.79 Å². The standard InChI is InChI=1S/C20H20ClNO3/c1-3-10-25-19-13(6-5-7-18(19)24-4-2)11-16-15-9-8-14(21)12-17(15)22-20(16)23/h5-9,11-12H,3-4,10H2,1-2H3,(H,22,23)/b16-11+. The maximum atomic E-state index is 12.4. The zero-order chi connectivity index (χ0) is 17.8. The number of anilines is 1. The van der Waals surface area contributed by atoms with E-state index >= 15 is 0 Å². The van der Waals surface area contributed by atoms with Crippen molar-refractivity contribution in [2.45, 2.75) is 20.3 Å². The molecule has 2 aromatic carbocycles. The Morgan fingerprint density at radius 2 is 2.00 bits per heavy atom. The molecule has 0 bridgehead atoms. The third-order valence-electron chi connectivity index (χ3n) is 3.82. The minimum Gasteiger partial charge on any atom is -0.490 e. The van der Waals surface area contributed by atoms with Crippen molar-refractivity contribution < 1.29 is 14.3 Å². The molecular formula is C20H20ClNO3. The monoisotopic (exact) mass is 357 g/mol. The van der Waals surface area contributed by atoms with Gasteiger partial charge in [-0.15, -0.1) is 0 Å². The van der Waals surface area contributed by atoms with Gasteiger partial charge in [0, 0.05) is 21.7 Å². The molecule has 3 rings (SSSR count). The van der Waals surface area contributed by atoms with Crippen molar-refractivity contribution in [3.63, 3.8) is 0 Å². The van der Waals surface area contributed by atoms with E-state index in [4.69, 9.17) is 21.1 Å². The Balaban J connectivity index is 2.06. The van der Waals surface area contributed by atoms with Crippen LogP contribution in [0.25, 0.3) is 11.6 Å². The molecular weight excluding hydrogens is 338 g/mol. The molecule has 0 radical (unpaired) electrons. The van der Waals surface area contributed by atoms with Gasteiger partial charge in [0.1, 0.15) is 0 Å². The van der Waals surface area contributed by atoms with Crippen molar-refractivity contribution in [3.05, 3.63) is 52.5 Å². The molecule has 0 aliphatic carbocycles. The molecule has 1 aliphatic heterocycles. The van der Waals surface area contributed by atoms with Gasteiger partial charge in [0.05, 0.1) is 18.9 Å². The lowest BCUT2D eigenvalue weighted by atomic mass is 10.0. The molecule has 1 aliphatic rings. The number of para-hydroxylation sites is 1. The molecule has 1 heterocycles. The summed E-state index contributed by atoms with van der Waals surface area (Å²) >= 11 is 6.01. The summed E-state index contributed by atoms with van der Waals surface area (Å²) in [6.07, 6.45) is 2.72. The van der Waals surface area contributed by atoms with Gasteiger partial charge >= 0.3 is 0 Å². The topological polar surface area (TPSA) is 47.6 Å². The maximum Gasteiger partial charge on any atom is 0.256 e. The molecule has 0 spiro atoms. The number of amides is 1. The number of rotatable bonds is 6. The fourth-order valence-corrected chi connectivity index (χ4v) is 2.91. The van der Waals surface area contributed by atoms with Crippen molar-refractivity contribution in [1.29, 1.82) is 0 Å². The highest BCUT2D eigenvalue weighted by Gasteiger charge is 2.25. The second-order valence-electron chi connectivity index (χ2n) is 5.66. The number of hydrogen-bond donors (Lipinski definition) is 1. The molecule has 1 N–H and O–H groups in total. The molecule has 0 fully saturated rings. The molecule has 2 aromatic rings. The van der Waals surface area contributed by atoms with Crippen molar-refractivity contribution >= 4 is 34.8 Å². The molecule has 130 valence electrons. The number of halogens is 1. The second-order valence-corrected chi connectivity index (χ2v) is 6.09. The van der Waals surface area contributed by atoms with Gasteiger partial charge in [0.25, 0.3) is 5.91 Å². The van der Waals surface area contributed by atoms with Crippen molar-refractivity contribution in [2.24, 2.45) is 0 Å². The molecule has 0 aromatic heterocycles. The SMILES string of the molecule is CCCOc1c(/C=C2/C(=O)Nc3cc(Cl)ccc32)cccc1OCC. The van der Waals surface area contributed by atoms with Crippen LogP contribution in [-0.4, -0.2) is 19.1 Å². The molecule has 5 heteroatoms. The van der Waals surface area contributed by atoms with E-state index in [2.05, 4.69) is 5.32 Å².